The second-order valence-corrected chi connectivity index (χ2v) is 4.74. The first kappa shape index (κ1) is 14.8. The predicted molar refractivity (Wildman–Crippen MR) is 66.4 cm³/mol. The molecule has 2 N–H and O–H groups in total. The normalized spacial score (nSPS) is 21.4. The first-order valence-corrected chi connectivity index (χ1v) is 6.38. The molecule has 18 heavy (non-hydrogen) atoms. The fraction of sp³-hybridized carbons (Fsp3) is 0.833. The predicted octanol–water partition coefficient (Wildman–Crippen LogP) is 0.918. The van der Waals surface area contributed by atoms with E-state index in [0.717, 1.165) is 0 Å². The minimum Gasteiger partial charge on any atom is -0.481 e. The average molecular weight is 258 g/mol. The average Bonchev–Trinajstić information content (AvgIpc) is 2.33. The summed E-state index contributed by atoms with van der Waals surface area (Å²) in [5, 5.41) is 11.5. The van der Waals surface area contributed by atoms with E-state index in [-0.39, 0.29) is 18.1 Å². The number of carboxylic acid groups (broad SMARTS) is 1. The maximum atomic E-state index is 11.8. The molecule has 1 saturated heterocycles. The highest BCUT2D eigenvalue weighted by atomic mass is 16.5. The van der Waals surface area contributed by atoms with E-state index >= 15 is 0 Å². The lowest BCUT2D eigenvalue weighted by Gasteiger charge is -2.31. The van der Waals surface area contributed by atoms with Crippen LogP contribution in [0.4, 0.5) is 4.79 Å². The summed E-state index contributed by atoms with van der Waals surface area (Å²) < 4.78 is 5.35. The van der Waals surface area contributed by atoms with E-state index in [1.54, 1.807) is 11.8 Å². The molecule has 2 unspecified atom stereocenters. The second-order valence-electron chi connectivity index (χ2n) is 4.74. The summed E-state index contributed by atoms with van der Waals surface area (Å²) in [5.41, 5.74) is 0. The molecule has 0 bridgehead atoms. The van der Waals surface area contributed by atoms with Crippen molar-refractivity contribution in [1.29, 1.82) is 0 Å². The van der Waals surface area contributed by atoms with Crippen molar-refractivity contribution in [3.8, 4) is 0 Å². The fourth-order valence-corrected chi connectivity index (χ4v) is 1.84. The Morgan fingerprint density at radius 3 is 2.89 bits per heavy atom. The number of rotatable bonds is 5. The van der Waals surface area contributed by atoms with Gasteiger partial charge in [0.15, 0.2) is 0 Å². The molecule has 1 rings (SSSR count). The Labute approximate surface area is 107 Å². The summed E-state index contributed by atoms with van der Waals surface area (Å²) in [6.45, 7) is 5.92. The van der Waals surface area contributed by atoms with Gasteiger partial charge in [-0.3, -0.25) is 4.79 Å². The topological polar surface area (TPSA) is 78.9 Å². The van der Waals surface area contributed by atoms with Gasteiger partial charge < -0.3 is 20.1 Å². The molecule has 0 aromatic rings. The van der Waals surface area contributed by atoms with E-state index in [1.807, 2.05) is 6.92 Å². The fourth-order valence-electron chi connectivity index (χ4n) is 1.84. The van der Waals surface area contributed by atoms with Crippen LogP contribution in [0.15, 0.2) is 0 Å². The Morgan fingerprint density at radius 1 is 1.56 bits per heavy atom. The molecule has 0 radical (unpaired) electrons. The molecule has 0 aromatic carbocycles. The van der Waals surface area contributed by atoms with Crippen LogP contribution in [-0.2, 0) is 9.53 Å². The van der Waals surface area contributed by atoms with Gasteiger partial charge in [0.05, 0.1) is 18.6 Å². The summed E-state index contributed by atoms with van der Waals surface area (Å²) in [6.07, 6.45) is 1.34. The molecule has 0 aliphatic carbocycles. The summed E-state index contributed by atoms with van der Waals surface area (Å²) >= 11 is 0. The van der Waals surface area contributed by atoms with Gasteiger partial charge in [0.25, 0.3) is 0 Å². The molecule has 0 saturated carbocycles. The Balaban J connectivity index is 2.15. The van der Waals surface area contributed by atoms with Crippen molar-refractivity contribution >= 4 is 12.0 Å². The zero-order valence-electron chi connectivity index (χ0n) is 11.0. The monoisotopic (exact) mass is 258 g/mol. The van der Waals surface area contributed by atoms with Crippen molar-refractivity contribution in [3.63, 3.8) is 0 Å². The maximum Gasteiger partial charge on any atom is 0.317 e. The highest BCUT2D eigenvalue weighted by Gasteiger charge is 2.20. The van der Waals surface area contributed by atoms with Gasteiger partial charge >= 0.3 is 12.0 Å². The van der Waals surface area contributed by atoms with Gasteiger partial charge in [-0.15, -0.1) is 0 Å². The van der Waals surface area contributed by atoms with Gasteiger partial charge in [-0.1, -0.05) is 6.92 Å². The number of carbonyl (C=O) groups is 2. The molecule has 1 fully saturated rings. The van der Waals surface area contributed by atoms with E-state index in [1.165, 1.54) is 0 Å². The highest BCUT2D eigenvalue weighted by molar-refractivity contribution is 5.74. The minimum absolute atomic E-state index is 0.0801. The number of nitrogens with one attached hydrogen (secondary N) is 1. The molecular weight excluding hydrogens is 236 g/mol. The molecule has 1 aliphatic heterocycles. The van der Waals surface area contributed by atoms with Gasteiger partial charge in [-0.25, -0.2) is 4.79 Å². The van der Waals surface area contributed by atoms with E-state index in [4.69, 9.17) is 9.84 Å². The van der Waals surface area contributed by atoms with E-state index < -0.39 is 5.97 Å². The smallest absolute Gasteiger partial charge is 0.317 e. The molecule has 2 amide bonds. The molecule has 104 valence electrons. The van der Waals surface area contributed by atoms with Crippen LogP contribution in [0.3, 0.4) is 0 Å². The van der Waals surface area contributed by atoms with Crippen molar-refractivity contribution in [2.75, 3.05) is 26.2 Å². The van der Waals surface area contributed by atoms with Gasteiger partial charge in [-0.2, -0.15) is 0 Å². The van der Waals surface area contributed by atoms with Crippen molar-refractivity contribution in [1.82, 2.24) is 10.2 Å². The lowest BCUT2D eigenvalue weighted by Crippen LogP contribution is -2.49. The number of carboxylic acids is 1. The minimum atomic E-state index is -0.789. The van der Waals surface area contributed by atoms with Crippen LogP contribution in [-0.4, -0.2) is 54.4 Å². The summed E-state index contributed by atoms with van der Waals surface area (Å²) in [4.78, 5) is 24.1. The van der Waals surface area contributed by atoms with Crippen LogP contribution < -0.4 is 5.32 Å². The van der Waals surface area contributed by atoms with Crippen molar-refractivity contribution in [3.05, 3.63) is 0 Å². The highest BCUT2D eigenvalue weighted by Crippen LogP contribution is 2.06. The van der Waals surface area contributed by atoms with Crippen molar-refractivity contribution < 1.29 is 19.4 Å². The number of aliphatic carboxylic acids is 1. The maximum absolute atomic E-state index is 11.8. The molecule has 6 heteroatoms. The number of morpholine rings is 1. The van der Waals surface area contributed by atoms with E-state index in [9.17, 15) is 9.59 Å². The number of ether oxygens (including phenoxy) is 1. The summed E-state index contributed by atoms with van der Waals surface area (Å²) in [5.74, 6) is -1.14. The van der Waals surface area contributed by atoms with Crippen LogP contribution in [0.25, 0.3) is 0 Å². The zero-order valence-corrected chi connectivity index (χ0v) is 11.0. The number of hydrogen-bond acceptors (Lipinski definition) is 3. The van der Waals surface area contributed by atoms with Crippen LogP contribution in [0.5, 0.6) is 0 Å². The third kappa shape index (κ3) is 4.91. The first-order chi connectivity index (χ1) is 8.50. The summed E-state index contributed by atoms with van der Waals surface area (Å²) in [7, 11) is 0. The van der Waals surface area contributed by atoms with Crippen LogP contribution in [0.2, 0.25) is 0 Å². The number of nitrogens with zero attached hydrogens (tertiary/aromatic N) is 1. The van der Waals surface area contributed by atoms with Crippen LogP contribution in [0, 0.1) is 5.92 Å². The van der Waals surface area contributed by atoms with E-state index in [2.05, 4.69) is 5.32 Å². The molecule has 0 spiro atoms. The quantitative estimate of drug-likeness (QED) is 0.719. The molecule has 0 aromatic heterocycles. The Morgan fingerprint density at radius 2 is 2.28 bits per heavy atom. The SMILES string of the molecule is CC1CN(C(=O)NCCCC(C)C(=O)O)CCO1. The van der Waals surface area contributed by atoms with Gasteiger partial charge in [0, 0.05) is 19.6 Å². The lowest BCUT2D eigenvalue weighted by molar-refractivity contribution is -0.141. The lowest BCUT2D eigenvalue weighted by atomic mass is 10.1. The molecule has 1 aliphatic rings. The van der Waals surface area contributed by atoms with Gasteiger partial charge in [0.2, 0.25) is 0 Å². The van der Waals surface area contributed by atoms with Gasteiger partial charge in [0.1, 0.15) is 0 Å². The van der Waals surface area contributed by atoms with Crippen LogP contribution >= 0.6 is 0 Å². The standard InChI is InChI=1S/C12H22N2O4/c1-9(11(15)16)4-3-5-13-12(17)14-6-7-18-10(2)8-14/h9-10H,3-8H2,1-2H3,(H,13,17)(H,15,16). The number of hydrogen-bond donors (Lipinski definition) is 2. The molecule has 6 nitrogen and oxygen atoms in total. The third-order valence-corrected chi connectivity index (χ3v) is 3.04. The largest absolute Gasteiger partial charge is 0.481 e. The third-order valence-electron chi connectivity index (χ3n) is 3.04. The van der Waals surface area contributed by atoms with Crippen LogP contribution in [0.1, 0.15) is 26.7 Å². The zero-order chi connectivity index (χ0) is 13.5. The van der Waals surface area contributed by atoms with Gasteiger partial charge in [-0.05, 0) is 19.8 Å². The summed E-state index contributed by atoms with van der Waals surface area (Å²) in [6, 6.07) is -0.0897. The molecule has 2 atom stereocenters. The van der Waals surface area contributed by atoms with E-state index in [0.29, 0.717) is 39.1 Å². The Bertz CT molecular complexity index is 296. The number of urea groups is 1. The Hall–Kier alpha value is -1.30. The Kier molecular flexibility index (Phi) is 5.91. The van der Waals surface area contributed by atoms with Crippen molar-refractivity contribution in [2.24, 2.45) is 5.92 Å². The number of amides is 2. The molecule has 1 heterocycles. The van der Waals surface area contributed by atoms with Crippen molar-refractivity contribution in [2.45, 2.75) is 32.8 Å². The number of carbonyl (C=O) groups excluding carboxylic acids is 1. The first-order valence-electron chi connectivity index (χ1n) is 6.38. The molecular formula is C12H22N2O4. The second kappa shape index (κ2) is 7.20.